The summed E-state index contributed by atoms with van der Waals surface area (Å²) < 4.78 is 0. The number of carbonyl (C=O) groups is 1. The Balaban J connectivity index is 2.28. The Morgan fingerprint density at radius 1 is 1.50 bits per heavy atom. The number of hydrogen-bond acceptors (Lipinski definition) is 2. The van der Waals surface area contributed by atoms with Gasteiger partial charge in [-0.25, -0.2) is 0 Å². The molecule has 0 spiro atoms. The molecule has 1 amide bonds. The van der Waals surface area contributed by atoms with Crippen LogP contribution in [0.1, 0.15) is 42.1 Å². The van der Waals surface area contributed by atoms with Crippen LogP contribution in [-0.4, -0.2) is 30.4 Å². The van der Waals surface area contributed by atoms with Gasteiger partial charge >= 0.3 is 0 Å². The van der Waals surface area contributed by atoms with Crippen LogP contribution in [0.5, 0.6) is 0 Å². The Hall–Kier alpha value is -1.51. The molecule has 1 fully saturated rings. The lowest BCUT2D eigenvalue weighted by Gasteiger charge is -2.24. The van der Waals surface area contributed by atoms with Gasteiger partial charge in [-0.2, -0.15) is 0 Å². The molecule has 18 heavy (non-hydrogen) atoms. The van der Waals surface area contributed by atoms with E-state index in [9.17, 15) is 4.79 Å². The second kappa shape index (κ2) is 5.42. The second-order valence-corrected chi connectivity index (χ2v) is 5.00. The predicted octanol–water partition coefficient (Wildman–Crippen LogP) is 3.05. The molecule has 0 saturated carbocycles. The van der Waals surface area contributed by atoms with Crippen LogP contribution in [0.25, 0.3) is 0 Å². The highest BCUT2D eigenvalue weighted by Gasteiger charge is 2.28. The Labute approximate surface area is 109 Å². The third-order valence-corrected chi connectivity index (χ3v) is 3.78. The fourth-order valence-corrected chi connectivity index (χ4v) is 2.73. The fraction of sp³-hybridized carbons (Fsp3) is 0.533. The van der Waals surface area contributed by atoms with E-state index in [1.54, 1.807) is 0 Å². The summed E-state index contributed by atoms with van der Waals surface area (Å²) in [5.41, 5.74) is 2.90. The molecule has 2 rings (SSSR count). The summed E-state index contributed by atoms with van der Waals surface area (Å²) in [5, 5.41) is 3.13. The average Bonchev–Trinajstić information content (AvgIpc) is 2.86. The van der Waals surface area contributed by atoms with Crippen LogP contribution < -0.4 is 5.32 Å². The van der Waals surface area contributed by atoms with E-state index in [0.29, 0.717) is 6.04 Å². The zero-order valence-electron chi connectivity index (χ0n) is 11.5. The van der Waals surface area contributed by atoms with Gasteiger partial charge in [-0.05, 0) is 43.9 Å². The highest BCUT2D eigenvalue weighted by molar-refractivity contribution is 6.00. The molecule has 0 radical (unpaired) electrons. The molecule has 3 heteroatoms. The molecule has 1 aliphatic rings. The van der Waals surface area contributed by atoms with Gasteiger partial charge in [0.25, 0.3) is 5.91 Å². The molecule has 3 nitrogen and oxygen atoms in total. The highest BCUT2D eigenvalue weighted by Crippen LogP contribution is 2.25. The maximum atomic E-state index is 12.6. The van der Waals surface area contributed by atoms with Gasteiger partial charge in [-0.1, -0.05) is 13.0 Å². The van der Waals surface area contributed by atoms with Gasteiger partial charge in [0.2, 0.25) is 0 Å². The Bertz CT molecular complexity index is 442. The molecule has 0 bridgehead atoms. The number of benzene rings is 1. The van der Waals surface area contributed by atoms with Crippen molar-refractivity contribution in [2.75, 3.05) is 18.9 Å². The molecule has 1 aromatic rings. The quantitative estimate of drug-likeness (QED) is 0.889. The van der Waals surface area contributed by atoms with Gasteiger partial charge in [0, 0.05) is 25.3 Å². The van der Waals surface area contributed by atoms with E-state index in [1.165, 1.54) is 5.56 Å². The summed E-state index contributed by atoms with van der Waals surface area (Å²) in [4.78, 5) is 14.6. The first kappa shape index (κ1) is 12.9. The van der Waals surface area contributed by atoms with Crippen molar-refractivity contribution in [1.82, 2.24) is 4.90 Å². The highest BCUT2D eigenvalue weighted by atomic mass is 16.2. The van der Waals surface area contributed by atoms with E-state index in [2.05, 4.69) is 12.2 Å². The van der Waals surface area contributed by atoms with Crippen molar-refractivity contribution in [1.29, 1.82) is 0 Å². The van der Waals surface area contributed by atoms with Crippen LogP contribution in [0.2, 0.25) is 0 Å². The molecular formula is C15H22N2O. The van der Waals surface area contributed by atoms with E-state index in [1.807, 2.05) is 37.1 Å². The smallest absolute Gasteiger partial charge is 0.256 e. The lowest BCUT2D eigenvalue weighted by molar-refractivity contribution is 0.0734. The van der Waals surface area contributed by atoms with E-state index >= 15 is 0 Å². The largest absolute Gasteiger partial charge is 0.387 e. The fourth-order valence-electron chi connectivity index (χ4n) is 2.73. The van der Waals surface area contributed by atoms with Gasteiger partial charge in [0.15, 0.2) is 0 Å². The third-order valence-electron chi connectivity index (χ3n) is 3.78. The second-order valence-electron chi connectivity index (χ2n) is 5.00. The molecule has 1 atom stereocenters. The van der Waals surface area contributed by atoms with Crippen LogP contribution in [0.4, 0.5) is 5.69 Å². The molecule has 0 aliphatic carbocycles. The number of nitrogens with one attached hydrogen (secondary N) is 1. The normalized spacial score (nSPS) is 19.1. The van der Waals surface area contributed by atoms with E-state index in [0.717, 1.165) is 37.1 Å². The van der Waals surface area contributed by atoms with Crippen molar-refractivity contribution in [2.24, 2.45) is 0 Å². The number of carbonyl (C=O) groups excluding carboxylic acids is 1. The van der Waals surface area contributed by atoms with Crippen LogP contribution in [0.3, 0.4) is 0 Å². The lowest BCUT2D eigenvalue weighted by Crippen LogP contribution is -2.35. The van der Waals surface area contributed by atoms with Crippen LogP contribution in [-0.2, 0) is 0 Å². The zero-order chi connectivity index (χ0) is 13.1. The van der Waals surface area contributed by atoms with E-state index in [4.69, 9.17) is 0 Å². The summed E-state index contributed by atoms with van der Waals surface area (Å²) in [7, 11) is 1.87. The number of amides is 1. The van der Waals surface area contributed by atoms with Gasteiger partial charge in [0.05, 0.1) is 5.56 Å². The molecule has 0 aromatic heterocycles. The minimum absolute atomic E-state index is 0.170. The maximum absolute atomic E-state index is 12.6. The molecule has 1 aromatic carbocycles. The zero-order valence-corrected chi connectivity index (χ0v) is 11.5. The molecular weight excluding hydrogens is 224 g/mol. The Morgan fingerprint density at radius 3 is 2.94 bits per heavy atom. The molecule has 1 unspecified atom stereocenters. The summed E-state index contributed by atoms with van der Waals surface area (Å²) in [6, 6.07) is 6.40. The van der Waals surface area contributed by atoms with Crippen molar-refractivity contribution in [3.8, 4) is 0 Å². The molecule has 1 N–H and O–H groups in total. The Morgan fingerprint density at radius 2 is 2.28 bits per heavy atom. The summed E-state index contributed by atoms with van der Waals surface area (Å²) in [6.07, 6.45) is 3.32. The SMILES string of the molecule is CCC1CCCN1C(=O)c1ccc(C)cc1NC. The number of likely N-dealkylation sites (tertiary alicyclic amines) is 1. The summed E-state index contributed by atoms with van der Waals surface area (Å²) in [5.74, 6) is 0.170. The number of aryl methyl sites for hydroxylation is 1. The molecule has 1 aliphatic heterocycles. The van der Waals surface area contributed by atoms with E-state index in [-0.39, 0.29) is 5.91 Å². The average molecular weight is 246 g/mol. The first-order chi connectivity index (χ1) is 8.67. The first-order valence-corrected chi connectivity index (χ1v) is 6.76. The first-order valence-electron chi connectivity index (χ1n) is 6.76. The summed E-state index contributed by atoms with van der Waals surface area (Å²) in [6.45, 7) is 5.10. The monoisotopic (exact) mass is 246 g/mol. The van der Waals surface area contributed by atoms with Crippen molar-refractivity contribution in [3.63, 3.8) is 0 Å². The minimum atomic E-state index is 0.170. The molecule has 1 saturated heterocycles. The number of anilines is 1. The van der Waals surface area contributed by atoms with E-state index < -0.39 is 0 Å². The standard InChI is InChI=1S/C15H22N2O/c1-4-12-6-5-9-17(12)15(18)13-8-7-11(2)10-14(13)16-3/h7-8,10,12,16H,4-6,9H2,1-3H3. The van der Waals surface area contributed by atoms with Gasteiger partial charge in [-0.3, -0.25) is 4.79 Å². The third kappa shape index (κ3) is 2.35. The summed E-state index contributed by atoms with van der Waals surface area (Å²) >= 11 is 0. The van der Waals surface area contributed by atoms with Crippen LogP contribution in [0, 0.1) is 6.92 Å². The topological polar surface area (TPSA) is 32.3 Å². The molecule has 1 heterocycles. The van der Waals surface area contributed by atoms with Crippen molar-refractivity contribution < 1.29 is 4.79 Å². The van der Waals surface area contributed by atoms with Gasteiger partial charge in [-0.15, -0.1) is 0 Å². The van der Waals surface area contributed by atoms with Gasteiger partial charge in [0.1, 0.15) is 0 Å². The van der Waals surface area contributed by atoms with Crippen LogP contribution >= 0.6 is 0 Å². The number of hydrogen-bond donors (Lipinski definition) is 1. The van der Waals surface area contributed by atoms with Crippen molar-refractivity contribution in [3.05, 3.63) is 29.3 Å². The predicted molar refractivity (Wildman–Crippen MR) is 75.1 cm³/mol. The van der Waals surface area contributed by atoms with Crippen LogP contribution in [0.15, 0.2) is 18.2 Å². The molecule has 98 valence electrons. The maximum Gasteiger partial charge on any atom is 0.256 e. The lowest BCUT2D eigenvalue weighted by atomic mass is 10.1. The Kier molecular flexibility index (Phi) is 3.90. The minimum Gasteiger partial charge on any atom is -0.387 e. The van der Waals surface area contributed by atoms with Crippen molar-refractivity contribution >= 4 is 11.6 Å². The number of rotatable bonds is 3. The number of nitrogens with zero attached hydrogens (tertiary/aromatic N) is 1. The van der Waals surface area contributed by atoms with Crippen molar-refractivity contribution in [2.45, 2.75) is 39.2 Å². The van der Waals surface area contributed by atoms with Gasteiger partial charge < -0.3 is 10.2 Å².